The van der Waals surface area contributed by atoms with E-state index in [1.165, 1.54) is 26.3 Å². The number of methoxy groups -OCH3 is 1. The van der Waals surface area contributed by atoms with Gasteiger partial charge in [0.05, 0.1) is 18.5 Å². The van der Waals surface area contributed by atoms with Crippen molar-refractivity contribution in [1.29, 1.82) is 0 Å². The fourth-order valence-electron chi connectivity index (χ4n) is 1.68. The minimum absolute atomic E-state index is 0.0381. The molecule has 0 amide bonds. The van der Waals surface area contributed by atoms with Crippen LogP contribution in [0.15, 0.2) is 31.9 Å². The molecule has 0 bridgehead atoms. The van der Waals surface area contributed by atoms with Crippen LogP contribution >= 0.6 is 31.9 Å². The van der Waals surface area contributed by atoms with Crippen LogP contribution in [0.5, 0.6) is 0 Å². The SMILES string of the molecule is COC(=O)c1nn(C)c(=O)c(Br)c1Nc1ccc(Br)cc1F. The van der Waals surface area contributed by atoms with Crippen molar-refractivity contribution < 1.29 is 13.9 Å². The second-order valence-electron chi connectivity index (χ2n) is 4.21. The summed E-state index contributed by atoms with van der Waals surface area (Å²) in [5.41, 5.74) is -0.494. The highest BCUT2D eigenvalue weighted by molar-refractivity contribution is 9.10. The number of anilines is 2. The predicted molar refractivity (Wildman–Crippen MR) is 85.9 cm³/mol. The Morgan fingerprint density at radius 3 is 2.68 bits per heavy atom. The molecule has 0 aliphatic heterocycles. The molecule has 0 saturated carbocycles. The molecule has 0 fully saturated rings. The summed E-state index contributed by atoms with van der Waals surface area (Å²) in [6.45, 7) is 0. The maximum Gasteiger partial charge on any atom is 0.360 e. The summed E-state index contributed by atoms with van der Waals surface area (Å²) in [5.74, 6) is -1.31. The highest BCUT2D eigenvalue weighted by Crippen LogP contribution is 2.28. The molecule has 0 unspecified atom stereocenters. The Kier molecular flexibility index (Phi) is 4.97. The van der Waals surface area contributed by atoms with Gasteiger partial charge in [-0.3, -0.25) is 4.79 Å². The molecule has 1 N–H and O–H groups in total. The van der Waals surface area contributed by atoms with Gasteiger partial charge in [-0.25, -0.2) is 13.9 Å². The third kappa shape index (κ3) is 3.20. The number of halogens is 3. The minimum atomic E-state index is -0.753. The number of hydrogen-bond acceptors (Lipinski definition) is 5. The van der Waals surface area contributed by atoms with Gasteiger partial charge in [0.15, 0.2) is 5.69 Å². The maximum atomic E-state index is 13.9. The first-order valence-electron chi connectivity index (χ1n) is 5.92. The van der Waals surface area contributed by atoms with Crippen LogP contribution in [0.4, 0.5) is 15.8 Å². The lowest BCUT2D eigenvalue weighted by molar-refractivity contribution is 0.0592. The number of aromatic nitrogens is 2. The standard InChI is InChI=1S/C13H10Br2FN3O3/c1-19-12(20)9(15)10(11(18-19)13(21)22-2)17-8-4-3-6(14)5-7(8)16/h3-5,17H,1-2H3. The minimum Gasteiger partial charge on any atom is -0.464 e. The van der Waals surface area contributed by atoms with Gasteiger partial charge in [0.2, 0.25) is 0 Å². The zero-order valence-corrected chi connectivity index (χ0v) is 14.7. The fraction of sp³-hybridized carbons (Fsp3) is 0.154. The third-order valence-electron chi connectivity index (χ3n) is 2.76. The van der Waals surface area contributed by atoms with Gasteiger partial charge in [-0.2, -0.15) is 5.10 Å². The molecule has 2 aromatic rings. The van der Waals surface area contributed by atoms with Gasteiger partial charge in [-0.05, 0) is 34.1 Å². The van der Waals surface area contributed by atoms with Crippen molar-refractivity contribution in [2.24, 2.45) is 7.05 Å². The third-order valence-corrected chi connectivity index (χ3v) is 3.99. The average molecular weight is 435 g/mol. The van der Waals surface area contributed by atoms with Crippen molar-refractivity contribution in [3.63, 3.8) is 0 Å². The van der Waals surface area contributed by atoms with E-state index in [-0.39, 0.29) is 21.5 Å². The summed E-state index contributed by atoms with van der Waals surface area (Å²) in [7, 11) is 2.58. The summed E-state index contributed by atoms with van der Waals surface area (Å²) in [6.07, 6.45) is 0. The monoisotopic (exact) mass is 433 g/mol. The van der Waals surface area contributed by atoms with Crippen molar-refractivity contribution >= 4 is 49.2 Å². The van der Waals surface area contributed by atoms with E-state index >= 15 is 0 Å². The Labute approximate surface area is 141 Å². The zero-order chi connectivity index (χ0) is 16.4. The summed E-state index contributed by atoms with van der Waals surface area (Å²) < 4.78 is 20.2. The predicted octanol–water partition coefficient (Wildman–Crippen LogP) is 2.97. The molecule has 0 aliphatic rings. The van der Waals surface area contributed by atoms with Crippen LogP contribution in [-0.4, -0.2) is 22.9 Å². The number of aryl methyl sites for hydroxylation is 1. The summed E-state index contributed by atoms with van der Waals surface area (Å²) in [6, 6.07) is 4.33. The molecule has 1 aromatic heterocycles. The van der Waals surface area contributed by atoms with E-state index in [2.05, 4.69) is 47.0 Å². The van der Waals surface area contributed by atoms with Crippen LogP contribution in [0.3, 0.4) is 0 Å². The summed E-state index contributed by atoms with van der Waals surface area (Å²) >= 11 is 6.25. The van der Waals surface area contributed by atoms with Crippen molar-refractivity contribution in [2.45, 2.75) is 0 Å². The highest BCUT2D eigenvalue weighted by atomic mass is 79.9. The van der Waals surface area contributed by atoms with Crippen LogP contribution in [0.25, 0.3) is 0 Å². The van der Waals surface area contributed by atoms with Crippen LogP contribution in [-0.2, 0) is 11.8 Å². The first kappa shape index (κ1) is 16.6. The molecule has 0 radical (unpaired) electrons. The lowest BCUT2D eigenvalue weighted by atomic mass is 10.2. The van der Waals surface area contributed by atoms with Gasteiger partial charge in [-0.1, -0.05) is 15.9 Å². The Morgan fingerprint density at radius 2 is 2.09 bits per heavy atom. The maximum absolute atomic E-state index is 13.9. The van der Waals surface area contributed by atoms with E-state index in [1.807, 2.05) is 0 Å². The van der Waals surface area contributed by atoms with Gasteiger partial charge in [0, 0.05) is 11.5 Å². The number of rotatable bonds is 3. The first-order valence-corrected chi connectivity index (χ1v) is 7.51. The van der Waals surface area contributed by atoms with Crippen LogP contribution in [0.2, 0.25) is 0 Å². The molecule has 22 heavy (non-hydrogen) atoms. The zero-order valence-electron chi connectivity index (χ0n) is 11.5. The normalized spacial score (nSPS) is 10.4. The Balaban J connectivity index is 2.60. The van der Waals surface area contributed by atoms with E-state index < -0.39 is 17.3 Å². The van der Waals surface area contributed by atoms with Crippen molar-refractivity contribution in [1.82, 2.24) is 9.78 Å². The topological polar surface area (TPSA) is 73.2 Å². The molecule has 2 rings (SSSR count). The quantitative estimate of drug-likeness (QED) is 0.751. The number of benzene rings is 1. The molecular formula is C13H10Br2FN3O3. The van der Waals surface area contributed by atoms with Crippen LogP contribution < -0.4 is 10.9 Å². The summed E-state index contributed by atoms with van der Waals surface area (Å²) in [5, 5.41) is 6.55. The number of ether oxygens (including phenoxy) is 1. The Hall–Kier alpha value is -1.74. The van der Waals surface area contributed by atoms with E-state index in [9.17, 15) is 14.0 Å². The second kappa shape index (κ2) is 6.57. The summed E-state index contributed by atoms with van der Waals surface area (Å²) in [4.78, 5) is 23.8. The van der Waals surface area contributed by atoms with E-state index in [0.717, 1.165) is 4.68 Å². The number of carbonyl (C=O) groups excluding carboxylic acids is 1. The Morgan fingerprint density at radius 1 is 1.41 bits per heavy atom. The number of esters is 1. The van der Waals surface area contributed by atoms with Crippen LogP contribution in [0, 0.1) is 5.82 Å². The fourth-order valence-corrected chi connectivity index (χ4v) is 2.55. The van der Waals surface area contributed by atoms with Gasteiger partial charge in [0.25, 0.3) is 5.56 Å². The van der Waals surface area contributed by atoms with Crippen molar-refractivity contribution in [3.8, 4) is 0 Å². The first-order chi connectivity index (χ1) is 10.3. The Bertz CT molecular complexity index is 808. The molecule has 0 spiro atoms. The van der Waals surface area contributed by atoms with Gasteiger partial charge in [0.1, 0.15) is 10.3 Å². The molecule has 0 aliphatic carbocycles. The molecule has 0 atom stereocenters. The van der Waals surface area contributed by atoms with E-state index in [1.54, 1.807) is 6.07 Å². The van der Waals surface area contributed by atoms with Crippen LogP contribution in [0.1, 0.15) is 10.5 Å². The van der Waals surface area contributed by atoms with Gasteiger partial charge in [-0.15, -0.1) is 0 Å². The van der Waals surface area contributed by atoms with E-state index in [4.69, 9.17) is 0 Å². The molecule has 9 heteroatoms. The second-order valence-corrected chi connectivity index (χ2v) is 5.92. The molecule has 1 aromatic carbocycles. The lowest BCUT2D eigenvalue weighted by Gasteiger charge is -2.13. The molecular weight excluding hydrogens is 425 g/mol. The number of nitrogens with one attached hydrogen (secondary N) is 1. The number of nitrogens with zero attached hydrogens (tertiary/aromatic N) is 2. The van der Waals surface area contributed by atoms with Gasteiger partial charge < -0.3 is 10.1 Å². The smallest absolute Gasteiger partial charge is 0.360 e. The average Bonchev–Trinajstić information content (AvgIpc) is 2.49. The van der Waals surface area contributed by atoms with Gasteiger partial charge >= 0.3 is 5.97 Å². The highest BCUT2D eigenvalue weighted by Gasteiger charge is 2.21. The lowest BCUT2D eigenvalue weighted by Crippen LogP contribution is -2.25. The van der Waals surface area contributed by atoms with Crippen molar-refractivity contribution in [3.05, 3.63) is 49.0 Å². The molecule has 6 nitrogen and oxygen atoms in total. The van der Waals surface area contributed by atoms with E-state index in [0.29, 0.717) is 4.47 Å². The largest absolute Gasteiger partial charge is 0.464 e. The van der Waals surface area contributed by atoms with Crippen molar-refractivity contribution in [2.75, 3.05) is 12.4 Å². The number of hydrogen-bond donors (Lipinski definition) is 1. The molecule has 116 valence electrons. The molecule has 0 saturated heterocycles. The number of carbonyl (C=O) groups is 1. The molecule has 1 heterocycles.